The van der Waals surface area contributed by atoms with Crippen molar-refractivity contribution in [2.75, 3.05) is 6.61 Å². The van der Waals surface area contributed by atoms with E-state index in [2.05, 4.69) is 18.9 Å². The molecule has 0 aliphatic carbocycles. The van der Waals surface area contributed by atoms with Crippen LogP contribution in [0.5, 0.6) is 0 Å². The Balaban J connectivity index is 3.18. The fourth-order valence-corrected chi connectivity index (χ4v) is 0.243. The van der Waals surface area contributed by atoms with Crippen molar-refractivity contribution in [2.45, 2.75) is 6.92 Å². The van der Waals surface area contributed by atoms with Crippen LogP contribution in [0.1, 0.15) is 6.92 Å². The van der Waals surface area contributed by atoms with Gasteiger partial charge in [0.1, 0.15) is 12.9 Å². The van der Waals surface area contributed by atoms with E-state index >= 15 is 0 Å². The molecule has 0 radical (unpaired) electrons. The van der Waals surface area contributed by atoms with Crippen molar-refractivity contribution in [1.82, 2.24) is 0 Å². The molecule has 0 aromatic rings. The first-order valence-corrected chi connectivity index (χ1v) is 2.37. The highest BCUT2D eigenvalue weighted by Gasteiger charge is 1.78. The van der Waals surface area contributed by atoms with Gasteiger partial charge in [0, 0.05) is 0 Å². The van der Waals surface area contributed by atoms with Crippen LogP contribution in [0.3, 0.4) is 0 Å². The Labute approximate surface area is 50.0 Å². The van der Waals surface area contributed by atoms with Crippen LogP contribution in [0.4, 0.5) is 0 Å². The van der Waals surface area contributed by atoms with Crippen LogP contribution >= 0.6 is 0 Å². The van der Waals surface area contributed by atoms with E-state index in [9.17, 15) is 0 Å². The summed E-state index contributed by atoms with van der Waals surface area (Å²) in [6, 6.07) is 0. The number of ether oxygens (including phenoxy) is 1. The van der Waals surface area contributed by atoms with E-state index in [1.165, 1.54) is 6.26 Å². The van der Waals surface area contributed by atoms with Crippen molar-refractivity contribution < 1.29 is 4.74 Å². The van der Waals surface area contributed by atoms with Crippen LogP contribution in [-0.4, -0.2) is 6.61 Å². The molecule has 0 amide bonds. The lowest BCUT2D eigenvalue weighted by Gasteiger charge is -1.94. The average Bonchev–Trinajstić information content (AvgIpc) is 1.66. The standard InChI is InChI=1S/C7H10O/c1-4-5-8-6-7(2)3/h5H,1-2,6H2,3H3. The van der Waals surface area contributed by atoms with E-state index in [1.54, 1.807) is 0 Å². The zero-order chi connectivity index (χ0) is 6.41. The predicted octanol–water partition coefficient (Wildman–Crippen LogP) is 1.88. The monoisotopic (exact) mass is 110 g/mol. The van der Waals surface area contributed by atoms with Gasteiger partial charge in [0.25, 0.3) is 0 Å². The maximum Gasteiger partial charge on any atom is 0.125 e. The van der Waals surface area contributed by atoms with Crippen molar-refractivity contribution in [1.29, 1.82) is 0 Å². The molecule has 0 bridgehead atoms. The first-order chi connectivity index (χ1) is 3.77. The van der Waals surface area contributed by atoms with Gasteiger partial charge in [-0.1, -0.05) is 18.9 Å². The molecule has 0 spiro atoms. The molecule has 0 aliphatic rings. The highest BCUT2D eigenvalue weighted by molar-refractivity contribution is 4.88. The molecular formula is C7H10O. The second kappa shape index (κ2) is 4.23. The van der Waals surface area contributed by atoms with Crippen molar-refractivity contribution >= 4 is 0 Å². The van der Waals surface area contributed by atoms with Crippen molar-refractivity contribution in [3.8, 4) is 0 Å². The molecule has 0 aromatic carbocycles. The minimum Gasteiger partial charge on any atom is -0.489 e. The summed E-state index contributed by atoms with van der Waals surface area (Å²) in [6.07, 6.45) is 1.43. The third kappa shape index (κ3) is 5.06. The van der Waals surface area contributed by atoms with Crippen LogP contribution in [0, 0.1) is 0 Å². The lowest BCUT2D eigenvalue weighted by molar-refractivity contribution is 0.281. The normalized spacial score (nSPS) is 7.12. The van der Waals surface area contributed by atoms with Crippen LogP contribution in [-0.2, 0) is 4.74 Å². The average molecular weight is 110 g/mol. The van der Waals surface area contributed by atoms with Crippen LogP contribution in [0.25, 0.3) is 0 Å². The molecule has 0 rings (SSSR count). The fraction of sp³-hybridized carbons (Fsp3) is 0.286. The van der Waals surface area contributed by atoms with Gasteiger partial charge in [0.05, 0.1) is 0 Å². The molecule has 1 nitrogen and oxygen atoms in total. The smallest absolute Gasteiger partial charge is 0.125 e. The summed E-state index contributed by atoms with van der Waals surface area (Å²) in [6.45, 7) is 9.41. The van der Waals surface area contributed by atoms with Gasteiger partial charge >= 0.3 is 0 Å². The van der Waals surface area contributed by atoms with Gasteiger partial charge < -0.3 is 4.74 Å². The first kappa shape index (κ1) is 7.06. The minimum atomic E-state index is 0.558. The minimum absolute atomic E-state index is 0.558. The van der Waals surface area contributed by atoms with Crippen LogP contribution in [0.15, 0.2) is 30.7 Å². The quantitative estimate of drug-likeness (QED) is 0.306. The first-order valence-electron chi connectivity index (χ1n) is 2.37. The molecule has 0 saturated carbocycles. The van der Waals surface area contributed by atoms with Gasteiger partial charge in [-0.05, 0) is 12.5 Å². The van der Waals surface area contributed by atoms with E-state index in [-0.39, 0.29) is 0 Å². The molecule has 0 N–H and O–H groups in total. The third-order valence-corrected chi connectivity index (χ3v) is 0.496. The van der Waals surface area contributed by atoms with Crippen molar-refractivity contribution in [2.24, 2.45) is 0 Å². The molecule has 0 aliphatic heterocycles. The van der Waals surface area contributed by atoms with Gasteiger partial charge in [-0.15, -0.1) is 0 Å². The van der Waals surface area contributed by atoms with Gasteiger partial charge in [0.15, 0.2) is 0 Å². The second-order valence-corrected chi connectivity index (χ2v) is 1.59. The predicted molar refractivity (Wildman–Crippen MR) is 34.5 cm³/mol. The number of rotatable bonds is 3. The SMILES string of the molecule is C=C=COCC(=C)C. The molecule has 44 valence electrons. The highest BCUT2D eigenvalue weighted by Crippen LogP contribution is 1.86. The van der Waals surface area contributed by atoms with E-state index in [1.807, 2.05) is 6.92 Å². The molecule has 8 heavy (non-hydrogen) atoms. The van der Waals surface area contributed by atoms with Gasteiger partial charge in [-0.2, -0.15) is 0 Å². The van der Waals surface area contributed by atoms with Crippen molar-refractivity contribution in [3.63, 3.8) is 0 Å². The summed E-state index contributed by atoms with van der Waals surface area (Å²) >= 11 is 0. The summed E-state index contributed by atoms with van der Waals surface area (Å²) in [5, 5.41) is 0. The molecule has 1 heteroatoms. The molecule has 0 saturated heterocycles. The molecule has 0 atom stereocenters. The Morgan fingerprint density at radius 1 is 1.88 bits per heavy atom. The molecule has 0 fully saturated rings. The summed E-state index contributed by atoms with van der Waals surface area (Å²) in [7, 11) is 0. The Morgan fingerprint density at radius 2 is 2.50 bits per heavy atom. The fourth-order valence-electron chi connectivity index (χ4n) is 0.243. The van der Waals surface area contributed by atoms with E-state index in [4.69, 9.17) is 4.74 Å². The molecule has 0 heterocycles. The van der Waals surface area contributed by atoms with E-state index in [0.717, 1.165) is 5.57 Å². The third-order valence-electron chi connectivity index (χ3n) is 0.496. The van der Waals surface area contributed by atoms with Crippen LogP contribution in [0.2, 0.25) is 0 Å². The number of hydrogen-bond acceptors (Lipinski definition) is 1. The Morgan fingerprint density at radius 3 is 2.88 bits per heavy atom. The van der Waals surface area contributed by atoms with E-state index < -0.39 is 0 Å². The maximum atomic E-state index is 4.85. The van der Waals surface area contributed by atoms with Gasteiger partial charge in [-0.25, -0.2) is 0 Å². The molecular weight excluding hydrogens is 100 g/mol. The lowest BCUT2D eigenvalue weighted by Crippen LogP contribution is -1.84. The zero-order valence-electron chi connectivity index (χ0n) is 5.11. The Bertz CT molecular complexity index is 116. The highest BCUT2D eigenvalue weighted by atomic mass is 16.5. The van der Waals surface area contributed by atoms with Gasteiger partial charge in [-0.3, -0.25) is 0 Å². The maximum absolute atomic E-state index is 4.85. The summed E-state index contributed by atoms with van der Waals surface area (Å²) in [4.78, 5) is 0. The zero-order valence-corrected chi connectivity index (χ0v) is 5.11. The molecule has 0 unspecified atom stereocenters. The summed E-state index contributed by atoms with van der Waals surface area (Å²) < 4.78 is 4.85. The lowest BCUT2D eigenvalue weighted by atomic mass is 10.4. The summed E-state index contributed by atoms with van der Waals surface area (Å²) in [5.74, 6) is 0. The summed E-state index contributed by atoms with van der Waals surface area (Å²) in [5.41, 5.74) is 3.48. The Hall–Kier alpha value is -0.940. The largest absolute Gasteiger partial charge is 0.489 e. The topological polar surface area (TPSA) is 9.23 Å². The Kier molecular flexibility index (Phi) is 3.73. The second-order valence-electron chi connectivity index (χ2n) is 1.59. The number of hydrogen-bond donors (Lipinski definition) is 0. The van der Waals surface area contributed by atoms with Crippen molar-refractivity contribution in [3.05, 3.63) is 30.7 Å². The van der Waals surface area contributed by atoms with Crippen LogP contribution < -0.4 is 0 Å². The molecule has 0 aromatic heterocycles. The van der Waals surface area contributed by atoms with Gasteiger partial charge in [0.2, 0.25) is 0 Å². The van der Waals surface area contributed by atoms with E-state index in [0.29, 0.717) is 6.61 Å².